The number of rotatable bonds is 4. The first-order valence-corrected chi connectivity index (χ1v) is 7.67. The molecule has 0 aliphatic heterocycles. The number of sulfonamides is 1. The minimum absolute atomic E-state index is 0.287. The molecule has 2 aromatic rings. The Morgan fingerprint density at radius 1 is 1.50 bits per heavy atom. The molecule has 0 saturated carbocycles. The lowest BCUT2D eigenvalue weighted by molar-refractivity contribution is 0.579. The van der Waals surface area contributed by atoms with Crippen molar-refractivity contribution >= 4 is 33.4 Å². The van der Waals surface area contributed by atoms with Crippen LogP contribution in [-0.4, -0.2) is 35.8 Å². The monoisotopic (exact) mass is 286 g/mol. The average Bonchev–Trinajstić information content (AvgIpc) is 2.54. The highest BCUT2D eigenvalue weighted by atomic mass is 32.2. The largest absolute Gasteiger partial charge is 0.329 e. The van der Waals surface area contributed by atoms with Crippen molar-refractivity contribution in [2.24, 2.45) is 0 Å². The zero-order chi connectivity index (χ0) is 13.3. The molecule has 2 aromatic heterocycles. The molecule has 2 rings (SSSR count). The number of hydrogen-bond acceptors (Lipinski definition) is 4. The Morgan fingerprint density at radius 2 is 2.22 bits per heavy atom. The van der Waals surface area contributed by atoms with Gasteiger partial charge in [0.15, 0.2) is 10.4 Å². The number of aromatic nitrogens is 3. The van der Waals surface area contributed by atoms with Crippen molar-refractivity contribution in [1.29, 1.82) is 0 Å². The van der Waals surface area contributed by atoms with Crippen LogP contribution in [0.25, 0.3) is 11.2 Å². The number of H-pyrrole nitrogens is 1. The van der Waals surface area contributed by atoms with Crippen molar-refractivity contribution in [2.75, 3.05) is 12.8 Å². The van der Waals surface area contributed by atoms with Crippen molar-refractivity contribution in [3.8, 4) is 0 Å². The second kappa shape index (κ2) is 4.79. The molecule has 2 N–H and O–H groups in total. The summed E-state index contributed by atoms with van der Waals surface area (Å²) < 4.78 is 26.7. The number of nitrogens with zero attached hydrogens (tertiary/aromatic N) is 2. The second-order valence-electron chi connectivity index (χ2n) is 4.07. The molecule has 0 aliphatic carbocycles. The van der Waals surface area contributed by atoms with Crippen LogP contribution in [0, 0.1) is 11.7 Å². The maximum absolute atomic E-state index is 11.0. The summed E-state index contributed by atoms with van der Waals surface area (Å²) in [6.45, 7) is 2.63. The van der Waals surface area contributed by atoms with Gasteiger partial charge in [-0.3, -0.25) is 0 Å². The lowest BCUT2D eigenvalue weighted by Gasteiger charge is -2.04. The van der Waals surface area contributed by atoms with Crippen molar-refractivity contribution in [3.05, 3.63) is 22.6 Å². The van der Waals surface area contributed by atoms with E-state index in [1.165, 1.54) is 0 Å². The molecule has 0 atom stereocenters. The third-order valence-electron chi connectivity index (χ3n) is 2.46. The Labute approximate surface area is 110 Å². The molecule has 0 aliphatic rings. The third kappa shape index (κ3) is 2.95. The highest BCUT2D eigenvalue weighted by Gasteiger charge is 2.07. The predicted molar refractivity (Wildman–Crippen MR) is 72.5 cm³/mol. The van der Waals surface area contributed by atoms with Crippen molar-refractivity contribution in [2.45, 2.75) is 13.5 Å². The number of pyridine rings is 1. The van der Waals surface area contributed by atoms with Gasteiger partial charge in [-0.15, -0.1) is 0 Å². The molecule has 98 valence electrons. The van der Waals surface area contributed by atoms with Gasteiger partial charge < -0.3 is 9.55 Å². The standard InChI is InChI=1S/C10H14N4O2S2/c1-7-3-4-8-9(12-7)14(10(17)13-8)6-5-11-18(2,15)16/h3-4,11H,5-6H2,1-2H3,(H,13,17). The van der Waals surface area contributed by atoms with E-state index in [1.807, 2.05) is 19.1 Å². The van der Waals surface area contributed by atoms with E-state index in [0.717, 1.165) is 23.1 Å². The summed E-state index contributed by atoms with van der Waals surface area (Å²) in [7, 11) is -3.18. The maximum Gasteiger partial charge on any atom is 0.208 e. The lowest BCUT2D eigenvalue weighted by Crippen LogP contribution is -2.26. The molecular weight excluding hydrogens is 272 g/mol. The van der Waals surface area contributed by atoms with Crippen LogP contribution in [0.15, 0.2) is 12.1 Å². The van der Waals surface area contributed by atoms with Crippen LogP contribution in [0.1, 0.15) is 5.69 Å². The Hall–Kier alpha value is -1.25. The van der Waals surface area contributed by atoms with Gasteiger partial charge in [-0.2, -0.15) is 0 Å². The molecule has 0 amide bonds. The van der Waals surface area contributed by atoms with Gasteiger partial charge in [0, 0.05) is 18.8 Å². The van der Waals surface area contributed by atoms with E-state index >= 15 is 0 Å². The molecule has 0 aromatic carbocycles. The molecule has 0 bridgehead atoms. The zero-order valence-corrected chi connectivity index (χ0v) is 11.7. The summed E-state index contributed by atoms with van der Waals surface area (Å²) >= 11 is 5.19. The summed E-state index contributed by atoms with van der Waals surface area (Å²) in [5.74, 6) is 0. The number of imidazole rings is 1. The minimum Gasteiger partial charge on any atom is -0.329 e. The van der Waals surface area contributed by atoms with Crippen molar-refractivity contribution in [3.63, 3.8) is 0 Å². The molecule has 18 heavy (non-hydrogen) atoms. The van der Waals surface area contributed by atoms with Crippen LogP contribution >= 0.6 is 12.2 Å². The van der Waals surface area contributed by atoms with Gasteiger partial charge in [-0.05, 0) is 31.3 Å². The van der Waals surface area contributed by atoms with E-state index in [9.17, 15) is 8.42 Å². The molecule has 0 fully saturated rings. The molecular formula is C10H14N4O2S2. The lowest BCUT2D eigenvalue weighted by atomic mass is 10.3. The fraction of sp³-hybridized carbons (Fsp3) is 0.400. The van der Waals surface area contributed by atoms with Gasteiger partial charge in [-0.25, -0.2) is 18.1 Å². The number of nitrogens with one attached hydrogen (secondary N) is 2. The molecule has 0 saturated heterocycles. The molecule has 0 unspecified atom stereocenters. The second-order valence-corrected chi connectivity index (χ2v) is 6.29. The molecule has 0 radical (unpaired) electrons. The topological polar surface area (TPSA) is 79.8 Å². The summed E-state index contributed by atoms with van der Waals surface area (Å²) in [5.41, 5.74) is 2.49. The van der Waals surface area contributed by atoms with E-state index in [-0.39, 0.29) is 6.54 Å². The summed E-state index contributed by atoms with van der Waals surface area (Å²) in [6, 6.07) is 3.81. The van der Waals surface area contributed by atoms with Gasteiger partial charge in [0.2, 0.25) is 10.0 Å². The quantitative estimate of drug-likeness (QED) is 0.820. The minimum atomic E-state index is -3.18. The number of aromatic amines is 1. The third-order valence-corrected chi connectivity index (χ3v) is 3.51. The van der Waals surface area contributed by atoms with Crippen LogP contribution < -0.4 is 4.72 Å². The maximum atomic E-state index is 11.0. The van der Waals surface area contributed by atoms with Gasteiger partial charge in [0.25, 0.3) is 0 Å². The average molecular weight is 286 g/mol. The van der Waals surface area contributed by atoms with Crippen molar-refractivity contribution in [1.82, 2.24) is 19.3 Å². The van der Waals surface area contributed by atoms with Crippen LogP contribution in [0.5, 0.6) is 0 Å². The van der Waals surface area contributed by atoms with E-state index in [1.54, 1.807) is 4.57 Å². The van der Waals surface area contributed by atoms with Crippen LogP contribution in [0.3, 0.4) is 0 Å². The van der Waals surface area contributed by atoms with Crippen LogP contribution in [0.2, 0.25) is 0 Å². The summed E-state index contributed by atoms with van der Waals surface area (Å²) in [4.78, 5) is 7.44. The molecule has 8 heteroatoms. The van der Waals surface area contributed by atoms with Gasteiger partial charge in [0.05, 0.1) is 11.8 Å². The SMILES string of the molecule is Cc1ccc2[nH]c(=S)n(CCNS(C)(=O)=O)c2n1. The first-order valence-electron chi connectivity index (χ1n) is 5.37. The van der Waals surface area contributed by atoms with Crippen LogP contribution in [-0.2, 0) is 16.6 Å². The van der Waals surface area contributed by atoms with Gasteiger partial charge >= 0.3 is 0 Å². The fourth-order valence-electron chi connectivity index (χ4n) is 1.68. The Kier molecular flexibility index (Phi) is 3.51. The predicted octanol–water partition coefficient (Wildman–Crippen LogP) is 0.952. The van der Waals surface area contributed by atoms with E-state index in [2.05, 4.69) is 14.7 Å². The summed E-state index contributed by atoms with van der Waals surface area (Å²) in [5, 5.41) is 0. The number of aryl methyl sites for hydroxylation is 1. The van der Waals surface area contributed by atoms with Crippen molar-refractivity contribution < 1.29 is 8.42 Å². The Balaban J connectivity index is 2.30. The summed E-state index contributed by atoms with van der Waals surface area (Å²) in [6.07, 6.45) is 1.13. The fourth-order valence-corrected chi connectivity index (χ4v) is 2.43. The van der Waals surface area contributed by atoms with E-state index < -0.39 is 10.0 Å². The smallest absolute Gasteiger partial charge is 0.208 e. The first kappa shape index (κ1) is 13.2. The van der Waals surface area contributed by atoms with E-state index in [4.69, 9.17) is 12.2 Å². The number of hydrogen-bond donors (Lipinski definition) is 2. The highest BCUT2D eigenvalue weighted by Crippen LogP contribution is 2.11. The van der Waals surface area contributed by atoms with Gasteiger partial charge in [-0.1, -0.05) is 0 Å². The molecule has 0 spiro atoms. The van der Waals surface area contributed by atoms with Crippen LogP contribution in [0.4, 0.5) is 0 Å². The number of fused-ring (bicyclic) bond motifs is 1. The Morgan fingerprint density at radius 3 is 2.89 bits per heavy atom. The molecule has 2 heterocycles. The first-order chi connectivity index (χ1) is 8.37. The normalized spacial score (nSPS) is 12.1. The van der Waals surface area contributed by atoms with E-state index in [0.29, 0.717) is 11.3 Å². The van der Waals surface area contributed by atoms with Gasteiger partial charge in [0.1, 0.15) is 0 Å². The Bertz CT molecular complexity index is 730. The molecule has 6 nitrogen and oxygen atoms in total. The highest BCUT2D eigenvalue weighted by molar-refractivity contribution is 7.88. The zero-order valence-electron chi connectivity index (χ0n) is 10.1.